The first-order valence-corrected chi connectivity index (χ1v) is 8.86. The van der Waals surface area contributed by atoms with Gasteiger partial charge in [0.2, 0.25) is 0 Å². The first-order valence-electron chi connectivity index (χ1n) is 7.81. The van der Waals surface area contributed by atoms with E-state index >= 15 is 0 Å². The van der Waals surface area contributed by atoms with Gasteiger partial charge in [0.05, 0.1) is 33.4 Å². The summed E-state index contributed by atoms with van der Waals surface area (Å²) < 4.78 is 20.6. The maximum Gasteiger partial charge on any atom is 0.319 e. The van der Waals surface area contributed by atoms with Crippen LogP contribution in [-0.2, 0) is 19.1 Å². The van der Waals surface area contributed by atoms with Crippen molar-refractivity contribution in [3.8, 4) is 11.5 Å². The van der Waals surface area contributed by atoms with Gasteiger partial charge in [0.1, 0.15) is 16.7 Å². The lowest BCUT2D eigenvalue weighted by molar-refractivity contribution is -0.149. The Balaban J connectivity index is 2.42. The Kier molecular flexibility index (Phi) is 9.76. The van der Waals surface area contributed by atoms with Crippen molar-refractivity contribution >= 4 is 23.7 Å². The first-order chi connectivity index (χ1) is 11.6. The average molecular weight is 356 g/mol. The standard InChI is InChI=1S/C17H24O6S/c1-4-21-16(18)12-15(17(19)22-5-2)24-11-10-23-14-8-6-13(20-3)7-9-14/h6-9,15H,4-5,10-12H2,1-3H3/t15-/m0/s1. The molecule has 1 aromatic carbocycles. The molecular formula is C17H24O6S. The maximum atomic E-state index is 11.9. The molecule has 0 aliphatic rings. The van der Waals surface area contributed by atoms with Gasteiger partial charge in [-0.25, -0.2) is 0 Å². The molecule has 7 heteroatoms. The zero-order valence-corrected chi connectivity index (χ0v) is 15.1. The molecule has 0 aliphatic heterocycles. The Labute approximate surface area is 146 Å². The number of carbonyl (C=O) groups excluding carboxylic acids is 2. The highest BCUT2D eigenvalue weighted by Gasteiger charge is 2.24. The minimum absolute atomic E-state index is 0.000123. The molecule has 0 fully saturated rings. The second-order valence-corrected chi connectivity index (χ2v) is 5.96. The maximum absolute atomic E-state index is 11.9. The van der Waals surface area contributed by atoms with Crippen molar-refractivity contribution in [2.24, 2.45) is 0 Å². The third-order valence-electron chi connectivity index (χ3n) is 2.94. The summed E-state index contributed by atoms with van der Waals surface area (Å²) in [5.41, 5.74) is 0. The summed E-state index contributed by atoms with van der Waals surface area (Å²) in [4.78, 5) is 23.5. The fourth-order valence-corrected chi connectivity index (χ4v) is 2.76. The summed E-state index contributed by atoms with van der Waals surface area (Å²) in [6.07, 6.45) is -0.000123. The average Bonchev–Trinajstić information content (AvgIpc) is 2.58. The first kappa shape index (κ1) is 20.2. The molecule has 0 saturated carbocycles. The SMILES string of the molecule is CCOC(=O)C[C@H](SCCOc1ccc(OC)cc1)C(=O)OCC. The predicted molar refractivity (Wildman–Crippen MR) is 92.6 cm³/mol. The quantitative estimate of drug-likeness (QED) is 0.446. The van der Waals surface area contributed by atoms with Gasteiger partial charge in [-0.1, -0.05) is 0 Å². The van der Waals surface area contributed by atoms with Crippen molar-refractivity contribution < 1.29 is 28.5 Å². The van der Waals surface area contributed by atoms with Crippen LogP contribution in [0.4, 0.5) is 0 Å². The normalized spacial score (nSPS) is 11.5. The molecule has 0 heterocycles. The van der Waals surface area contributed by atoms with Crippen molar-refractivity contribution in [3.05, 3.63) is 24.3 Å². The van der Waals surface area contributed by atoms with E-state index in [0.29, 0.717) is 19.0 Å². The van der Waals surface area contributed by atoms with E-state index in [4.69, 9.17) is 18.9 Å². The molecule has 0 N–H and O–H groups in total. The lowest BCUT2D eigenvalue weighted by Crippen LogP contribution is -2.25. The Morgan fingerprint density at radius 1 is 1.04 bits per heavy atom. The number of hydrogen-bond donors (Lipinski definition) is 0. The van der Waals surface area contributed by atoms with E-state index < -0.39 is 17.2 Å². The molecule has 134 valence electrons. The smallest absolute Gasteiger partial charge is 0.319 e. The number of rotatable bonds is 11. The van der Waals surface area contributed by atoms with Gasteiger partial charge in [0.15, 0.2) is 0 Å². The van der Waals surface area contributed by atoms with Crippen molar-refractivity contribution in [1.82, 2.24) is 0 Å². The number of carbonyl (C=O) groups is 2. The van der Waals surface area contributed by atoms with Crippen LogP contribution in [0.1, 0.15) is 20.3 Å². The number of methoxy groups -OCH3 is 1. The summed E-state index contributed by atoms with van der Waals surface area (Å²) in [6, 6.07) is 7.24. The zero-order valence-electron chi connectivity index (χ0n) is 14.3. The summed E-state index contributed by atoms with van der Waals surface area (Å²) in [5.74, 6) is 1.22. The molecule has 0 aromatic heterocycles. The third kappa shape index (κ3) is 7.59. The van der Waals surface area contributed by atoms with E-state index in [2.05, 4.69) is 0 Å². The lowest BCUT2D eigenvalue weighted by atomic mass is 10.3. The molecule has 24 heavy (non-hydrogen) atoms. The summed E-state index contributed by atoms with van der Waals surface area (Å²) >= 11 is 1.33. The van der Waals surface area contributed by atoms with E-state index in [1.807, 2.05) is 24.3 Å². The van der Waals surface area contributed by atoms with Crippen LogP contribution < -0.4 is 9.47 Å². The van der Waals surface area contributed by atoms with Crippen molar-refractivity contribution in [1.29, 1.82) is 0 Å². The van der Waals surface area contributed by atoms with Gasteiger partial charge in [-0.05, 0) is 38.1 Å². The van der Waals surface area contributed by atoms with E-state index in [1.54, 1.807) is 21.0 Å². The number of benzene rings is 1. The van der Waals surface area contributed by atoms with Gasteiger partial charge in [0.25, 0.3) is 0 Å². The Morgan fingerprint density at radius 3 is 2.25 bits per heavy atom. The molecule has 0 radical (unpaired) electrons. The molecule has 0 saturated heterocycles. The largest absolute Gasteiger partial charge is 0.497 e. The molecule has 6 nitrogen and oxygen atoms in total. The van der Waals surface area contributed by atoms with Gasteiger partial charge in [-0.2, -0.15) is 0 Å². The Morgan fingerprint density at radius 2 is 1.67 bits per heavy atom. The van der Waals surface area contributed by atoms with Crippen LogP contribution in [0.15, 0.2) is 24.3 Å². The van der Waals surface area contributed by atoms with Gasteiger partial charge in [-0.3, -0.25) is 9.59 Å². The van der Waals surface area contributed by atoms with Crippen LogP contribution in [0.3, 0.4) is 0 Å². The topological polar surface area (TPSA) is 71.1 Å². The van der Waals surface area contributed by atoms with E-state index in [9.17, 15) is 9.59 Å². The van der Waals surface area contributed by atoms with Crippen LogP contribution in [0, 0.1) is 0 Å². The van der Waals surface area contributed by atoms with Crippen LogP contribution >= 0.6 is 11.8 Å². The molecule has 0 unspecified atom stereocenters. The fraction of sp³-hybridized carbons (Fsp3) is 0.529. The highest BCUT2D eigenvalue weighted by Crippen LogP contribution is 2.20. The van der Waals surface area contributed by atoms with Crippen LogP contribution in [0.5, 0.6) is 11.5 Å². The minimum Gasteiger partial charge on any atom is -0.497 e. The van der Waals surface area contributed by atoms with E-state index in [0.717, 1.165) is 11.5 Å². The fourth-order valence-electron chi connectivity index (χ4n) is 1.84. The molecule has 1 rings (SSSR count). The highest BCUT2D eigenvalue weighted by molar-refractivity contribution is 8.00. The summed E-state index contributed by atoms with van der Waals surface area (Å²) in [7, 11) is 1.60. The molecule has 0 amide bonds. The van der Waals surface area contributed by atoms with Crippen LogP contribution in [0.25, 0.3) is 0 Å². The summed E-state index contributed by atoms with van der Waals surface area (Å²) in [6.45, 7) is 4.44. The molecule has 0 bridgehead atoms. The lowest BCUT2D eigenvalue weighted by Gasteiger charge is -2.15. The van der Waals surface area contributed by atoms with Gasteiger partial charge in [0, 0.05) is 5.75 Å². The minimum atomic E-state index is -0.580. The van der Waals surface area contributed by atoms with Crippen molar-refractivity contribution in [3.63, 3.8) is 0 Å². The Bertz CT molecular complexity index is 502. The highest BCUT2D eigenvalue weighted by atomic mass is 32.2. The van der Waals surface area contributed by atoms with Gasteiger partial charge >= 0.3 is 11.9 Å². The second-order valence-electron chi connectivity index (χ2n) is 4.64. The summed E-state index contributed by atoms with van der Waals surface area (Å²) in [5, 5.41) is -0.580. The predicted octanol–water partition coefficient (Wildman–Crippen LogP) is 2.69. The van der Waals surface area contributed by atoms with Gasteiger partial charge < -0.3 is 18.9 Å². The molecular weight excluding hydrogens is 332 g/mol. The monoisotopic (exact) mass is 356 g/mol. The van der Waals surface area contributed by atoms with Crippen molar-refractivity contribution in [2.45, 2.75) is 25.5 Å². The van der Waals surface area contributed by atoms with Crippen LogP contribution in [-0.4, -0.2) is 49.9 Å². The van der Waals surface area contributed by atoms with E-state index in [1.165, 1.54) is 11.8 Å². The van der Waals surface area contributed by atoms with Crippen molar-refractivity contribution in [2.75, 3.05) is 32.7 Å². The number of thioether (sulfide) groups is 1. The molecule has 1 aromatic rings. The third-order valence-corrected chi connectivity index (χ3v) is 4.10. The number of ether oxygens (including phenoxy) is 4. The molecule has 0 aliphatic carbocycles. The van der Waals surface area contributed by atoms with Crippen LogP contribution in [0.2, 0.25) is 0 Å². The Hall–Kier alpha value is -1.89. The molecule has 0 spiro atoms. The van der Waals surface area contributed by atoms with E-state index in [-0.39, 0.29) is 13.0 Å². The zero-order chi connectivity index (χ0) is 17.8. The number of esters is 2. The molecule has 1 atom stereocenters. The second kappa shape index (κ2) is 11.6. The van der Waals surface area contributed by atoms with Gasteiger partial charge in [-0.15, -0.1) is 11.8 Å². The number of hydrogen-bond acceptors (Lipinski definition) is 7.